The zero-order chi connectivity index (χ0) is 27.9. The summed E-state index contributed by atoms with van der Waals surface area (Å²) in [6.07, 6.45) is -5.14. The molecule has 0 saturated carbocycles. The third-order valence-electron chi connectivity index (χ3n) is 5.48. The molecule has 0 N–H and O–H groups in total. The number of rotatable bonds is 6. The van der Waals surface area contributed by atoms with Crippen LogP contribution in [0.25, 0.3) is 22.1 Å². The van der Waals surface area contributed by atoms with Gasteiger partial charge in [-0.15, -0.1) is 0 Å². The molecule has 0 radical (unpaired) electrons. The zero-order valence-electron chi connectivity index (χ0n) is 19.2. The van der Waals surface area contributed by atoms with Crippen molar-refractivity contribution in [3.63, 3.8) is 0 Å². The van der Waals surface area contributed by atoms with E-state index in [9.17, 15) is 39.9 Å². The van der Waals surface area contributed by atoms with Crippen molar-refractivity contribution in [1.29, 1.82) is 0 Å². The van der Waals surface area contributed by atoms with Gasteiger partial charge < -0.3 is 18.6 Å². The lowest BCUT2D eigenvalue weighted by Crippen LogP contribution is -2.16. The molecule has 0 atom stereocenters. The molecule has 4 aromatic rings. The normalized spacial score (nSPS) is 11.6. The average molecular weight is 546 g/mol. The van der Waals surface area contributed by atoms with Crippen LogP contribution in [0.5, 0.6) is 17.2 Å². The van der Waals surface area contributed by atoms with Crippen LogP contribution < -0.4 is 19.6 Å². The van der Waals surface area contributed by atoms with Crippen molar-refractivity contribution in [2.24, 2.45) is 0 Å². The standard InChI is InChI=1S/C25H14F8O5/c1-35-14-6-3-10(7-16(14)36-2)17-23(34)12-5-4-11(8-15(12)38-24(17)25(31,32)33)37-9-13-18(26)20(28)22(30)21(29)19(13)27/h3-8H,9H2,1-2H3. The van der Waals surface area contributed by atoms with E-state index in [0.29, 0.717) is 0 Å². The van der Waals surface area contributed by atoms with E-state index in [1.807, 2.05) is 0 Å². The third kappa shape index (κ3) is 4.59. The predicted octanol–water partition coefficient (Wildman–Crippen LogP) is 6.77. The highest BCUT2D eigenvalue weighted by Crippen LogP contribution is 2.40. The molecule has 0 aliphatic rings. The number of methoxy groups -OCH3 is 2. The van der Waals surface area contributed by atoms with Crippen molar-refractivity contribution in [3.8, 4) is 28.4 Å². The van der Waals surface area contributed by atoms with Crippen LogP contribution >= 0.6 is 0 Å². The largest absolute Gasteiger partial charge is 0.493 e. The first-order chi connectivity index (χ1) is 17.9. The summed E-state index contributed by atoms with van der Waals surface area (Å²) in [5.41, 5.74) is -3.99. The number of ether oxygens (including phenoxy) is 3. The highest BCUT2D eigenvalue weighted by atomic mass is 19.4. The van der Waals surface area contributed by atoms with Crippen LogP contribution in [0.4, 0.5) is 35.1 Å². The molecular formula is C25H14F8O5. The second-order valence-corrected chi connectivity index (χ2v) is 7.70. The fourth-order valence-corrected chi connectivity index (χ4v) is 3.65. The second-order valence-electron chi connectivity index (χ2n) is 7.70. The Morgan fingerprint density at radius 2 is 1.39 bits per heavy atom. The lowest BCUT2D eigenvalue weighted by atomic mass is 10.0. The maximum Gasteiger partial charge on any atom is 0.450 e. The summed E-state index contributed by atoms with van der Waals surface area (Å²) in [6.45, 7) is -1.17. The molecule has 0 fully saturated rings. The Balaban J connectivity index is 1.81. The van der Waals surface area contributed by atoms with Crippen LogP contribution in [0.1, 0.15) is 11.3 Å². The minimum absolute atomic E-state index is 0.0505. The molecule has 0 amide bonds. The Morgan fingerprint density at radius 1 is 0.789 bits per heavy atom. The van der Waals surface area contributed by atoms with Gasteiger partial charge in [-0.3, -0.25) is 4.79 Å². The summed E-state index contributed by atoms with van der Waals surface area (Å²) in [5, 5.41) is -0.314. The van der Waals surface area contributed by atoms with Gasteiger partial charge in [-0.1, -0.05) is 6.07 Å². The number of halogens is 8. The van der Waals surface area contributed by atoms with Crippen molar-refractivity contribution in [1.82, 2.24) is 0 Å². The van der Waals surface area contributed by atoms with E-state index < -0.39 is 69.8 Å². The second kappa shape index (κ2) is 9.88. The van der Waals surface area contributed by atoms with Crippen molar-refractivity contribution in [2.75, 3.05) is 14.2 Å². The van der Waals surface area contributed by atoms with E-state index in [4.69, 9.17) is 18.6 Å². The molecule has 0 unspecified atom stereocenters. The van der Waals surface area contributed by atoms with Crippen molar-refractivity contribution >= 4 is 11.0 Å². The van der Waals surface area contributed by atoms with Crippen molar-refractivity contribution < 1.29 is 53.8 Å². The van der Waals surface area contributed by atoms with E-state index in [0.717, 1.165) is 24.3 Å². The van der Waals surface area contributed by atoms with Crippen molar-refractivity contribution in [2.45, 2.75) is 12.8 Å². The van der Waals surface area contributed by atoms with Crippen LogP contribution in [0.15, 0.2) is 45.6 Å². The van der Waals surface area contributed by atoms with E-state index in [-0.39, 0.29) is 28.2 Å². The number of benzene rings is 3. The molecule has 38 heavy (non-hydrogen) atoms. The highest BCUT2D eigenvalue weighted by Gasteiger charge is 2.39. The topological polar surface area (TPSA) is 57.9 Å². The molecule has 0 aliphatic heterocycles. The zero-order valence-corrected chi connectivity index (χ0v) is 19.2. The third-order valence-corrected chi connectivity index (χ3v) is 5.48. The van der Waals surface area contributed by atoms with Crippen LogP contribution in [-0.4, -0.2) is 14.2 Å². The van der Waals surface area contributed by atoms with Gasteiger partial charge in [0.2, 0.25) is 17.0 Å². The van der Waals surface area contributed by atoms with Crippen LogP contribution in [-0.2, 0) is 12.8 Å². The summed E-state index contributed by atoms with van der Waals surface area (Å²) in [4.78, 5) is 13.1. The van der Waals surface area contributed by atoms with Crippen LogP contribution in [0.3, 0.4) is 0 Å². The number of hydrogen-bond acceptors (Lipinski definition) is 5. The molecule has 1 heterocycles. The van der Waals surface area contributed by atoms with Gasteiger partial charge in [0.1, 0.15) is 17.9 Å². The van der Waals surface area contributed by atoms with Gasteiger partial charge in [0.15, 0.2) is 34.8 Å². The first kappa shape index (κ1) is 26.8. The van der Waals surface area contributed by atoms with Gasteiger partial charge in [-0.05, 0) is 29.8 Å². The fourth-order valence-electron chi connectivity index (χ4n) is 3.65. The van der Waals surface area contributed by atoms with E-state index in [1.54, 1.807) is 0 Å². The summed E-state index contributed by atoms with van der Waals surface area (Å²) in [5.74, 6) is -12.8. The first-order valence-electron chi connectivity index (χ1n) is 10.4. The molecule has 4 rings (SSSR count). The molecule has 5 nitrogen and oxygen atoms in total. The van der Waals surface area contributed by atoms with E-state index >= 15 is 0 Å². The smallest absolute Gasteiger partial charge is 0.450 e. The quantitative estimate of drug-likeness (QED) is 0.152. The summed E-state index contributed by atoms with van der Waals surface area (Å²) < 4.78 is 130. The minimum Gasteiger partial charge on any atom is -0.493 e. The fraction of sp³-hybridized carbons (Fsp3) is 0.160. The molecule has 3 aromatic carbocycles. The van der Waals surface area contributed by atoms with Gasteiger partial charge in [-0.2, -0.15) is 13.2 Å². The van der Waals surface area contributed by atoms with Gasteiger partial charge in [-0.25, -0.2) is 22.0 Å². The SMILES string of the molecule is COc1ccc(-c2c(C(F)(F)F)oc3cc(OCc4c(F)c(F)c(F)c(F)c4F)ccc3c2=O)cc1OC. The van der Waals surface area contributed by atoms with Crippen LogP contribution in [0.2, 0.25) is 0 Å². The average Bonchev–Trinajstić information content (AvgIpc) is 2.89. The summed E-state index contributed by atoms with van der Waals surface area (Å²) in [7, 11) is 2.57. The highest BCUT2D eigenvalue weighted by molar-refractivity contribution is 5.84. The number of fused-ring (bicyclic) bond motifs is 1. The van der Waals surface area contributed by atoms with Gasteiger partial charge >= 0.3 is 6.18 Å². The Hall–Kier alpha value is -4.29. The van der Waals surface area contributed by atoms with Gasteiger partial charge in [0, 0.05) is 6.07 Å². The number of hydrogen-bond donors (Lipinski definition) is 0. The Labute approximate surface area is 207 Å². The Morgan fingerprint density at radius 3 is 1.97 bits per heavy atom. The molecule has 200 valence electrons. The molecule has 0 spiro atoms. The molecule has 1 aromatic heterocycles. The predicted molar refractivity (Wildman–Crippen MR) is 117 cm³/mol. The number of alkyl halides is 3. The molecule has 0 aliphatic carbocycles. The maximum absolute atomic E-state index is 13.9. The maximum atomic E-state index is 13.9. The first-order valence-corrected chi connectivity index (χ1v) is 10.4. The minimum atomic E-state index is -5.14. The Kier molecular flexibility index (Phi) is 6.96. The summed E-state index contributed by atoms with van der Waals surface area (Å²) in [6, 6.07) is 6.56. The lowest BCUT2D eigenvalue weighted by molar-refractivity contribution is -0.152. The summed E-state index contributed by atoms with van der Waals surface area (Å²) >= 11 is 0. The van der Waals surface area contributed by atoms with Crippen molar-refractivity contribution in [3.05, 3.63) is 87.0 Å². The molecular weight excluding hydrogens is 532 g/mol. The molecule has 0 bridgehead atoms. The van der Waals surface area contributed by atoms with E-state index in [1.165, 1.54) is 26.4 Å². The molecule has 13 heteroatoms. The lowest BCUT2D eigenvalue weighted by Gasteiger charge is -2.15. The van der Waals surface area contributed by atoms with Gasteiger partial charge in [0.05, 0.1) is 30.7 Å². The monoisotopic (exact) mass is 546 g/mol. The Bertz CT molecular complexity index is 1580. The molecule has 0 saturated heterocycles. The van der Waals surface area contributed by atoms with E-state index in [2.05, 4.69) is 0 Å². The van der Waals surface area contributed by atoms with Crippen LogP contribution in [0, 0.1) is 29.1 Å². The van der Waals surface area contributed by atoms with Gasteiger partial charge in [0.25, 0.3) is 0 Å².